The maximum Gasteiger partial charge on any atom is 0.134 e. The summed E-state index contributed by atoms with van der Waals surface area (Å²) in [6, 6.07) is 72.2. The second kappa shape index (κ2) is 12.5. The van der Waals surface area contributed by atoms with Gasteiger partial charge in [0.05, 0.1) is 0 Å². The van der Waals surface area contributed by atoms with Crippen molar-refractivity contribution in [1.29, 1.82) is 0 Å². The minimum absolute atomic E-state index is 0.990. The van der Waals surface area contributed by atoms with Gasteiger partial charge in [0.15, 0.2) is 0 Å². The summed E-state index contributed by atoms with van der Waals surface area (Å²) in [5.74, 6) is 1.99. The van der Waals surface area contributed by atoms with Crippen molar-refractivity contribution in [3.05, 3.63) is 194 Å². The van der Waals surface area contributed by atoms with Crippen molar-refractivity contribution in [3.63, 3.8) is 0 Å². The Morgan fingerprint density at radius 2 is 0.638 bits per heavy atom. The van der Waals surface area contributed by atoms with Gasteiger partial charge in [-0.3, -0.25) is 0 Å². The number of hydrogen-bond acceptors (Lipinski definition) is 1. The lowest BCUT2D eigenvalue weighted by atomic mass is 9.89. The van der Waals surface area contributed by atoms with Crippen LogP contribution in [0.15, 0.2) is 194 Å². The quantitative estimate of drug-likeness (QED) is 0.152. The molecule has 2 heteroatoms. The molecule has 0 bridgehead atoms. The predicted octanol–water partition coefficient (Wildman–Crippen LogP) is 14.6. The van der Waals surface area contributed by atoms with E-state index in [-0.39, 0.29) is 0 Å². The van der Waals surface area contributed by atoms with Gasteiger partial charge in [0, 0.05) is 5.56 Å². The van der Waals surface area contributed by atoms with Crippen LogP contribution in [-0.4, -0.2) is 8.07 Å². The summed E-state index contributed by atoms with van der Waals surface area (Å²) in [5.41, 5.74) is 2.30. The third-order valence-corrected chi connectivity index (χ3v) is 16.4. The van der Waals surface area contributed by atoms with E-state index < -0.39 is 8.07 Å². The topological polar surface area (TPSA) is 9.23 Å². The molecule has 11 aromatic carbocycles. The molecule has 0 atom stereocenters. The molecule has 0 saturated heterocycles. The van der Waals surface area contributed by atoms with E-state index in [1.54, 1.807) is 0 Å². The van der Waals surface area contributed by atoms with E-state index in [1.807, 2.05) is 0 Å². The van der Waals surface area contributed by atoms with E-state index in [0.29, 0.717) is 0 Å². The Hall–Kier alpha value is -7.00. The first-order valence-corrected chi connectivity index (χ1v) is 23.3. The van der Waals surface area contributed by atoms with E-state index in [2.05, 4.69) is 207 Å². The van der Waals surface area contributed by atoms with Gasteiger partial charge in [0.25, 0.3) is 0 Å². The van der Waals surface area contributed by atoms with Crippen LogP contribution in [0, 0.1) is 0 Å². The summed E-state index contributed by atoms with van der Waals surface area (Å²) in [5, 5.41) is 22.6. The van der Waals surface area contributed by atoms with Gasteiger partial charge >= 0.3 is 0 Å². The Bertz CT molecular complexity index is 3630. The van der Waals surface area contributed by atoms with Crippen LogP contribution >= 0.6 is 0 Å². The first-order chi connectivity index (χ1) is 28.5. The van der Waals surface area contributed by atoms with Crippen LogP contribution in [0.5, 0.6) is 11.5 Å². The molecule has 0 aromatic heterocycles. The first kappa shape index (κ1) is 33.2. The largest absolute Gasteiger partial charge is 0.457 e. The maximum absolute atomic E-state index is 6.84. The standard InChI is InChI=1S/C56H38OSi/c1-58(2)54-28-14-13-27-53(54)57-56-36(26-15-29-55(56)58)35-30-31-47-41-20-7-10-23-44(41)51-33-49-42-21-8-5-18-39(42)37-16-3-4-17-38(37)40-19-6-9-22-43(40)50(49)34-52(51)46-25-12-11-24-45(46)48(47)32-35/h3-34H,1-2H3. The number of benzene rings is 9. The second-order valence-electron chi connectivity index (χ2n) is 16.3. The number of ether oxygens (including phenoxy) is 1. The predicted molar refractivity (Wildman–Crippen MR) is 253 cm³/mol. The Morgan fingerprint density at radius 1 is 0.293 bits per heavy atom. The molecular formula is C56H38OSi. The highest BCUT2D eigenvalue weighted by atomic mass is 28.3. The van der Waals surface area contributed by atoms with E-state index in [0.717, 1.165) is 22.6 Å². The average Bonchev–Trinajstić information content (AvgIpc) is 3.27. The van der Waals surface area contributed by atoms with Gasteiger partial charge < -0.3 is 4.74 Å². The molecule has 0 amide bonds. The zero-order chi connectivity index (χ0) is 38.5. The lowest BCUT2D eigenvalue weighted by Gasteiger charge is -2.34. The highest BCUT2D eigenvalue weighted by Crippen LogP contribution is 2.43. The molecule has 58 heavy (non-hydrogen) atoms. The average molecular weight is 755 g/mol. The van der Waals surface area contributed by atoms with Crippen LogP contribution in [0.3, 0.4) is 0 Å². The SMILES string of the molecule is C[Si]1(C)c2ccccc2Oc2c(-c3ccc4c5ccccc5c5cc6c7ccccc7c7ccccc7c7ccccc7c6cc5c5ccccc5c4c3)cccc21. The van der Waals surface area contributed by atoms with Crippen molar-refractivity contribution in [2.24, 2.45) is 0 Å². The van der Waals surface area contributed by atoms with Crippen LogP contribution in [0.1, 0.15) is 0 Å². The highest BCUT2D eigenvalue weighted by molar-refractivity contribution is 7.01. The van der Waals surface area contributed by atoms with Crippen molar-refractivity contribution in [3.8, 4) is 22.6 Å². The molecule has 1 aliphatic rings. The van der Waals surface area contributed by atoms with Gasteiger partial charge in [0.2, 0.25) is 0 Å². The second-order valence-corrected chi connectivity index (χ2v) is 20.7. The molecule has 12 rings (SSSR count). The lowest BCUT2D eigenvalue weighted by Crippen LogP contribution is -2.56. The van der Waals surface area contributed by atoms with Gasteiger partial charge in [-0.15, -0.1) is 0 Å². The maximum atomic E-state index is 6.84. The van der Waals surface area contributed by atoms with E-state index >= 15 is 0 Å². The van der Waals surface area contributed by atoms with Crippen molar-refractivity contribution >= 4 is 105 Å². The van der Waals surface area contributed by atoms with E-state index in [9.17, 15) is 0 Å². The molecular weight excluding hydrogens is 717 g/mol. The summed E-state index contributed by atoms with van der Waals surface area (Å²) in [6.07, 6.45) is 0. The minimum atomic E-state index is -1.99. The molecule has 1 aliphatic heterocycles. The molecule has 0 saturated carbocycles. The fraction of sp³-hybridized carbons (Fsp3) is 0.0357. The molecule has 11 aromatic rings. The molecule has 0 N–H and O–H groups in total. The number of fused-ring (bicyclic) bond motifs is 18. The highest BCUT2D eigenvalue weighted by Gasteiger charge is 2.37. The van der Waals surface area contributed by atoms with Gasteiger partial charge in [-0.1, -0.05) is 183 Å². The van der Waals surface area contributed by atoms with Crippen molar-refractivity contribution < 1.29 is 4.74 Å². The van der Waals surface area contributed by atoms with Gasteiger partial charge in [-0.05, 0) is 126 Å². The van der Waals surface area contributed by atoms with Gasteiger partial charge in [0.1, 0.15) is 19.6 Å². The van der Waals surface area contributed by atoms with Crippen molar-refractivity contribution in [2.45, 2.75) is 13.1 Å². The minimum Gasteiger partial charge on any atom is -0.457 e. The smallest absolute Gasteiger partial charge is 0.134 e. The normalized spacial score (nSPS) is 13.3. The third-order valence-electron chi connectivity index (χ3n) is 12.9. The van der Waals surface area contributed by atoms with Crippen LogP contribution in [0.4, 0.5) is 0 Å². The molecule has 1 heterocycles. The fourth-order valence-corrected chi connectivity index (χ4v) is 12.9. The molecule has 1 nitrogen and oxygen atoms in total. The molecule has 0 radical (unpaired) electrons. The molecule has 0 spiro atoms. The lowest BCUT2D eigenvalue weighted by molar-refractivity contribution is 0.488. The van der Waals surface area contributed by atoms with Crippen LogP contribution in [0.25, 0.3) is 97.3 Å². The van der Waals surface area contributed by atoms with E-state index in [1.165, 1.54) is 96.6 Å². The zero-order valence-corrected chi connectivity index (χ0v) is 33.4. The summed E-state index contributed by atoms with van der Waals surface area (Å²) >= 11 is 0. The summed E-state index contributed by atoms with van der Waals surface area (Å²) in [7, 11) is -1.99. The van der Waals surface area contributed by atoms with Crippen LogP contribution < -0.4 is 15.1 Å². The summed E-state index contributed by atoms with van der Waals surface area (Å²) < 4.78 is 6.84. The zero-order valence-electron chi connectivity index (χ0n) is 32.4. The third kappa shape index (κ3) is 4.76. The number of rotatable bonds is 1. The first-order valence-electron chi connectivity index (χ1n) is 20.3. The Labute approximate surface area is 337 Å². The van der Waals surface area contributed by atoms with Gasteiger partial charge in [-0.2, -0.15) is 0 Å². The summed E-state index contributed by atoms with van der Waals surface area (Å²) in [6.45, 7) is 4.89. The van der Waals surface area contributed by atoms with E-state index in [4.69, 9.17) is 4.74 Å². The molecule has 0 fully saturated rings. The monoisotopic (exact) mass is 754 g/mol. The van der Waals surface area contributed by atoms with Gasteiger partial charge in [-0.25, -0.2) is 0 Å². The molecule has 272 valence electrons. The Balaban J connectivity index is 1.25. The Morgan fingerprint density at radius 3 is 1.09 bits per heavy atom. The molecule has 0 unspecified atom stereocenters. The number of para-hydroxylation sites is 2. The van der Waals surface area contributed by atoms with Crippen molar-refractivity contribution in [2.75, 3.05) is 0 Å². The van der Waals surface area contributed by atoms with Crippen LogP contribution in [-0.2, 0) is 0 Å². The fourth-order valence-electron chi connectivity index (χ4n) is 10.1. The Kier molecular flexibility index (Phi) is 7.15. The van der Waals surface area contributed by atoms with Crippen LogP contribution in [0.2, 0.25) is 13.1 Å². The molecule has 0 aliphatic carbocycles. The summed E-state index contributed by atoms with van der Waals surface area (Å²) in [4.78, 5) is 0. The number of hydrogen-bond donors (Lipinski definition) is 0. The van der Waals surface area contributed by atoms with Crippen molar-refractivity contribution in [1.82, 2.24) is 0 Å².